The lowest BCUT2D eigenvalue weighted by Gasteiger charge is -2.33. The zero-order chi connectivity index (χ0) is 16.1. The second-order valence-corrected chi connectivity index (χ2v) is 7.43. The number of hydrogen-bond acceptors (Lipinski definition) is 5. The fourth-order valence-corrected chi connectivity index (χ4v) is 3.78. The Morgan fingerprint density at radius 1 is 1.30 bits per heavy atom. The van der Waals surface area contributed by atoms with E-state index in [1.54, 1.807) is 11.3 Å². The quantitative estimate of drug-likeness (QED) is 0.814. The zero-order valence-electron chi connectivity index (χ0n) is 13.9. The molecule has 1 unspecified atom stereocenters. The monoisotopic (exact) mass is 331 g/mol. The highest BCUT2D eigenvalue weighted by molar-refractivity contribution is 7.15. The van der Waals surface area contributed by atoms with Gasteiger partial charge in [0.2, 0.25) is 0 Å². The number of hydrogen-bond donors (Lipinski definition) is 0. The molecule has 0 bridgehead atoms. The minimum absolute atomic E-state index is 0.354. The Morgan fingerprint density at radius 3 is 2.91 bits per heavy atom. The maximum Gasteiger partial charge on any atom is 0.123 e. The summed E-state index contributed by atoms with van der Waals surface area (Å²) in [4.78, 5) is 10.6. The van der Waals surface area contributed by atoms with Crippen molar-refractivity contribution < 1.29 is 4.74 Å². The normalized spacial score (nSPS) is 19.3. The number of morpholine rings is 1. The van der Waals surface area contributed by atoms with Crippen molar-refractivity contribution in [1.82, 2.24) is 14.8 Å². The van der Waals surface area contributed by atoms with Gasteiger partial charge in [-0.3, -0.25) is 4.90 Å². The lowest BCUT2D eigenvalue weighted by atomic mass is 10.2. The summed E-state index contributed by atoms with van der Waals surface area (Å²) in [6.45, 7) is 4.93. The van der Waals surface area contributed by atoms with E-state index >= 15 is 0 Å². The molecule has 1 aliphatic heterocycles. The standard InChI is InChI=1S/C18H25N3OS/c1-20(2)9-8-16-13-21(10-11-22-16)14-17-12-19-18(23-17)15-6-4-3-5-7-15/h3-7,12,16H,8-11,13-14H2,1-2H3. The zero-order valence-corrected chi connectivity index (χ0v) is 14.8. The van der Waals surface area contributed by atoms with Crippen LogP contribution in [0.4, 0.5) is 0 Å². The van der Waals surface area contributed by atoms with Crippen molar-refractivity contribution in [1.29, 1.82) is 0 Å². The van der Waals surface area contributed by atoms with Crippen molar-refractivity contribution in [3.05, 3.63) is 41.4 Å². The van der Waals surface area contributed by atoms with Crippen LogP contribution in [0.1, 0.15) is 11.3 Å². The number of benzene rings is 1. The molecule has 3 rings (SSSR count). The van der Waals surface area contributed by atoms with Gasteiger partial charge in [0.1, 0.15) is 5.01 Å². The summed E-state index contributed by atoms with van der Waals surface area (Å²) in [5.74, 6) is 0. The number of nitrogens with zero attached hydrogens (tertiary/aromatic N) is 3. The molecule has 1 fully saturated rings. The first-order valence-electron chi connectivity index (χ1n) is 8.19. The van der Waals surface area contributed by atoms with Gasteiger partial charge in [0.05, 0.1) is 12.7 Å². The van der Waals surface area contributed by atoms with Crippen molar-refractivity contribution in [2.45, 2.75) is 19.1 Å². The summed E-state index contributed by atoms with van der Waals surface area (Å²) in [5, 5.41) is 1.11. The predicted molar refractivity (Wildman–Crippen MR) is 95.7 cm³/mol. The van der Waals surface area contributed by atoms with Crippen molar-refractivity contribution in [3.8, 4) is 10.6 Å². The molecule has 0 radical (unpaired) electrons. The molecule has 1 aromatic carbocycles. The Hall–Kier alpha value is -1.27. The summed E-state index contributed by atoms with van der Waals surface area (Å²) < 4.78 is 5.89. The number of rotatable bonds is 6. The van der Waals surface area contributed by atoms with Gasteiger partial charge in [-0.15, -0.1) is 11.3 Å². The van der Waals surface area contributed by atoms with Gasteiger partial charge < -0.3 is 9.64 Å². The van der Waals surface area contributed by atoms with Gasteiger partial charge in [-0.25, -0.2) is 4.98 Å². The Labute approximate surface area is 142 Å². The van der Waals surface area contributed by atoms with Gasteiger partial charge in [-0.2, -0.15) is 0 Å². The highest BCUT2D eigenvalue weighted by Gasteiger charge is 2.21. The summed E-state index contributed by atoms with van der Waals surface area (Å²) in [6.07, 6.45) is 3.48. The Balaban J connectivity index is 1.56. The highest BCUT2D eigenvalue weighted by Crippen LogP contribution is 2.26. The van der Waals surface area contributed by atoms with E-state index in [0.717, 1.165) is 44.2 Å². The van der Waals surface area contributed by atoms with E-state index in [9.17, 15) is 0 Å². The van der Waals surface area contributed by atoms with Gasteiger partial charge >= 0.3 is 0 Å². The lowest BCUT2D eigenvalue weighted by molar-refractivity contribution is -0.0367. The third kappa shape index (κ3) is 4.85. The first-order valence-corrected chi connectivity index (χ1v) is 9.01. The molecule has 1 aromatic heterocycles. The van der Waals surface area contributed by atoms with Crippen LogP contribution < -0.4 is 0 Å². The molecule has 2 aromatic rings. The molecule has 23 heavy (non-hydrogen) atoms. The maximum atomic E-state index is 5.89. The van der Waals surface area contributed by atoms with Gasteiger partial charge in [-0.05, 0) is 20.5 Å². The number of ether oxygens (including phenoxy) is 1. The average Bonchev–Trinajstić information content (AvgIpc) is 3.03. The molecule has 0 spiro atoms. The van der Waals surface area contributed by atoms with Gasteiger partial charge in [0.15, 0.2) is 0 Å². The van der Waals surface area contributed by atoms with Crippen LogP contribution in [0.5, 0.6) is 0 Å². The fraction of sp³-hybridized carbons (Fsp3) is 0.500. The van der Waals surface area contributed by atoms with Crippen LogP contribution in [0.2, 0.25) is 0 Å². The van der Waals surface area contributed by atoms with Crippen LogP contribution in [0.3, 0.4) is 0 Å². The Bertz CT molecular complexity index is 599. The Morgan fingerprint density at radius 2 is 2.13 bits per heavy atom. The summed E-state index contributed by atoms with van der Waals surface area (Å²) in [7, 11) is 4.23. The Kier molecular flexibility index (Phi) is 5.78. The van der Waals surface area contributed by atoms with E-state index in [4.69, 9.17) is 4.74 Å². The SMILES string of the molecule is CN(C)CCC1CN(Cc2cnc(-c3ccccc3)s2)CCO1. The third-order valence-electron chi connectivity index (χ3n) is 4.07. The van der Waals surface area contributed by atoms with Gasteiger partial charge in [0, 0.05) is 42.8 Å². The summed E-state index contributed by atoms with van der Waals surface area (Å²) in [5.41, 5.74) is 1.20. The van der Waals surface area contributed by atoms with Crippen molar-refractivity contribution in [2.75, 3.05) is 40.3 Å². The molecule has 4 nitrogen and oxygen atoms in total. The molecule has 0 amide bonds. The van der Waals surface area contributed by atoms with E-state index in [1.807, 2.05) is 12.3 Å². The molecule has 5 heteroatoms. The van der Waals surface area contributed by atoms with E-state index < -0.39 is 0 Å². The molecule has 124 valence electrons. The smallest absolute Gasteiger partial charge is 0.123 e. The molecule has 1 saturated heterocycles. The van der Waals surface area contributed by atoms with Crippen molar-refractivity contribution in [3.63, 3.8) is 0 Å². The van der Waals surface area contributed by atoms with E-state index in [-0.39, 0.29) is 0 Å². The minimum Gasteiger partial charge on any atom is -0.376 e. The second kappa shape index (κ2) is 8.02. The largest absolute Gasteiger partial charge is 0.376 e. The average molecular weight is 331 g/mol. The lowest BCUT2D eigenvalue weighted by Crippen LogP contribution is -2.42. The molecule has 0 N–H and O–H groups in total. The van der Waals surface area contributed by atoms with Gasteiger partial charge in [-0.1, -0.05) is 30.3 Å². The molecule has 0 aliphatic carbocycles. The topological polar surface area (TPSA) is 28.6 Å². The van der Waals surface area contributed by atoms with Crippen LogP contribution in [0.15, 0.2) is 36.5 Å². The van der Waals surface area contributed by atoms with Crippen LogP contribution >= 0.6 is 11.3 Å². The molecule has 2 heterocycles. The number of thiazole rings is 1. The predicted octanol–water partition coefficient (Wildman–Crippen LogP) is 2.96. The molecule has 1 aliphatic rings. The van der Waals surface area contributed by atoms with Gasteiger partial charge in [0.25, 0.3) is 0 Å². The van der Waals surface area contributed by atoms with Crippen molar-refractivity contribution in [2.24, 2.45) is 0 Å². The molecule has 1 atom stereocenters. The van der Waals surface area contributed by atoms with Crippen molar-refractivity contribution >= 4 is 11.3 Å². The van der Waals surface area contributed by atoms with E-state index in [1.165, 1.54) is 10.4 Å². The van der Waals surface area contributed by atoms with Crippen LogP contribution in [0.25, 0.3) is 10.6 Å². The summed E-state index contributed by atoms with van der Waals surface area (Å²) >= 11 is 1.80. The van der Waals surface area contributed by atoms with Crippen LogP contribution in [-0.4, -0.2) is 61.2 Å². The molecule has 0 saturated carbocycles. The first-order chi connectivity index (χ1) is 11.2. The molecular weight excluding hydrogens is 306 g/mol. The molecular formula is C18H25N3OS. The second-order valence-electron chi connectivity index (χ2n) is 6.32. The van der Waals surface area contributed by atoms with E-state index in [2.05, 4.69) is 53.1 Å². The minimum atomic E-state index is 0.354. The van der Waals surface area contributed by atoms with Crippen LogP contribution in [-0.2, 0) is 11.3 Å². The number of aromatic nitrogens is 1. The third-order valence-corrected chi connectivity index (χ3v) is 5.11. The summed E-state index contributed by atoms with van der Waals surface area (Å²) in [6, 6.07) is 10.4. The maximum absolute atomic E-state index is 5.89. The fourth-order valence-electron chi connectivity index (χ4n) is 2.82. The first kappa shape index (κ1) is 16.6. The van der Waals surface area contributed by atoms with Crippen LogP contribution in [0, 0.1) is 0 Å². The highest BCUT2D eigenvalue weighted by atomic mass is 32.1. The van der Waals surface area contributed by atoms with E-state index in [0.29, 0.717) is 6.10 Å².